The molecule has 0 fully saturated rings. The fourth-order valence-electron chi connectivity index (χ4n) is 3.75. The largest absolute Gasteiger partial charge is 0.323 e. The molecule has 0 aliphatic rings. The number of aryl methyl sites for hydroxylation is 4. The van der Waals surface area contributed by atoms with E-state index in [1.807, 2.05) is 0 Å². The molecule has 0 bridgehead atoms. The molecule has 2 atom stereocenters. The maximum absolute atomic E-state index is 6.49. The predicted molar refractivity (Wildman–Crippen MR) is 103 cm³/mol. The van der Waals surface area contributed by atoms with Gasteiger partial charge in [-0.2, -0.15) is 0 Å². The minimum Gasteiger partial charge on any atom is -0.323 e. The van der Waals surface area contributed by atoms with Crippen LogP contribution in [0.25, 0.3) is 0 Å². The van der Waals surface area contributed by atoms with E-state index >= 15 is 0 Å². The van der Waals surface area contributed by atoms with Crippen molar-refractivity contribution in [3.8, 4) is 0 Å². The molecule has 4 N–H and O–H groups in total. The SMILES string of the molecule is Cc1cccc(C)c1C(N)CN(C)CC(N)c1c(C)cccc1C. The first kappa shape index (κ1) is 18.7. The predicted octanol–water partition coefficient (Wildman–Crippen LogP) is 3.55. The minimum atomic E-state index is 0.00127. The van der Waals surface area contributed by atoms with Crippen molar-refractivity contribution in [2.45, 2.75) is 39.8 Å². The highest BCUT2D eigenvalue weighted by molar-refractivity contribution is 5.37. The summed E-state index contributed by atoms with van der Waals surface area (Å²) in [5.74, 6) is 0. The van der Waals surface area contributed by atoms with Crippen molar-refractivity contribution in [3.63, 3.8) is 0 Å². The van der Waals surface area contributed by atoms with Gasteiger partial charge in [-0.1, -0.05) is 36.4 Å². The van der Waals surface area contributed by atoms with Crippen LogP contribution in [0.5, 0.6) is 0 Å². The Hall–Kier alpha value is -1.68. The Morgan fingerprint density at radius 3 is 1.29 bits per heavy atom. The molecule has 0 aliphatic heterocycles. The van der Waals surface area contributed by atoms with Crippen LogP contribution in [0.4, 0.5) is 0 Å². The molecule has 0 aliphatic carbocycles. The second-order valence-electron chi connectivity index (χ2n) is 7.05. The summed E-state index contributed by atoms with van der Waals surface area (Å²) in [6.07, 6.45) is 0. The highest BCUT2D eigenvalue weighted by Gasteiger charge is 2.18. The van der Waals surface area contributed by atoms with E-state index < -0.39 is 0 Å². The Labute approximate surface area is 146 Å². The van der Waals surface area contributed by atoms with Crippen LogP contribution in [-0.2, 0) is 0 Å². The lowest BCUT2D eigenvalue weighted by atomic mass is 9.95. The summed E-state index contributed by atoms with van der Waals surface area (Å²) in [6, 6.07) is 12.7. The molecule has 0 spiro atoms. The standard InChI is InChI=1S/C21H31N3/c1-14-8-6-9-15(2)20(14)18(22)12-24(5)13-19(23)21-16(3)10-7-11-17(21)4/h6-11,18-19H,12-13,22-23H2,1-5H3. The van der Waals surface area contributed by atoms with E-state index in [-0.39, 0.29) is 12.1 Å². The Bertz CT molecular complexity index is 593. The number of hydrogen-bond donors (Lipinski definition) is 2. The van der Waals surface area contributed by atoms with Crippen molar-refractivity contribution in [2.75, 3.05) is 20.1 Å². The monoisotopic (exact) mass is 325 g/mol. The van der Waals surface area contributed by atoms with Crippen LogP contribution in [-0.4, -0.2) is 25.0 Å². The van der Waals surface area contributed by atoms with Crippen LogP contribution in [0.2, 0.25) is 0 Å². The van der Waals surface area contributed by atoms with Crippen molar-refractivity contribution in [2.24, 2.45) is 11.5 Å². The highest BCUT2D eigenvalue weighted by Crippen LogP contribution is 2.23. The van der Waals surface area contributed by atoms with Gasteiger partial charge in [0, 0.05) is 25.2 Å². The van der Waals surface area contributed by atoms with Crippen LogP contribution in [0.3, 0.4) is 0 Å². The number of nitrogens with zero attached hydrogens (tertiary/aromatic N) is 1. The number of hydrogen-bond acceptors (Lipinski definition) is 3. The molecule has 2 aromatic rings. The molecule has 2 rings (SSSR count). The number of rotatable bonds is 6. The number of likely N-dealkylation sites (N-methyl/N-ethyl adjacent to an activating group) is 1. The second kappa shape index (κ2) is 7.93. The number of nitrogens with two attached hydrogens (primary N) is 2. The maximum Gasteiger partial charge on any atom is 0.0429 e. The summed E-state index contributed by atoms with van der Waals surface area (Å²) in [7, 11) is 2.10. The Morgan fingerprint density at radius 1 is 0.708 bits per heavy atom. The van der Waals surface area contributed by atoms with E-state index in [4.69, 9.17) is 11.5 Å². The summed E-state index contributed by atoms with van der Waals surface area (Å²) < 4.78 is 0. The van der Waals surface area contributed by atoms with Gasteiger partial charge in [-0.15, -0.1) is 0 Å². The molecule has 2 aromatic carbocycles. The fourth-order valence-corrected chi connectivity index (χ4v) is 3.75. The summed E-state index contributed by atoms with van der Waals surface area (Å²) in [6.45, 7) is 10.1. The van der Waals surface area contributed by atoms with Gasteiger partial charge in [-0.3, -0.25) is 0 Å². The molecule has 24 heavy (non-hydrogen) atoms. The second-order valence-corrected chi connectivity index (χ2v) is 7.05. The maximum atomic E-state index is 6.49. The smallest absolute Gasteiger partial charge is 0.0429 e. The third-order valence-electron chi connectivity index (χ3n) is 4.84. The molecule has 2 unspecified atom stereocenters. The zero-order valence-corrected chi connectivity index (χ0v) is 15.6. The molecular formula is C21H31N3. The highest BCUT2D eigenvalue weighted by atomic mass is 15.1. The van der Waals surface area contributed by atoms with Crippen LogP contribution in [0.1, 0.15) is 45.5 Å². The number of benzene rings is 2. The molecule has 0 heterocycles. The molecule has 130 valence electrons. The zero-order valence-electron chi connectivity index (χ0n) is 15.6. The average molecular weight is 326 g/mol. The first-order chi connectivity index (χ1) is 11.3. The van der Waals surface area contributed by atoms with Gasteiger partial charge in [0.1, 0.15) is 0 Å². The van der Waals surface area contributed by atoms with Gasteiger partial charge < -0.3 is 16.4 Å². The van der Waals surface area contributed by atoms with Crippen LogP contribution >= 0.6 is 0 Å². The third-order valence-corrected chi connectivity index (χ3v) is 4.84. The van der Waals surface area contributed by atoms with Gasteiger partial charge in [0.2, 0.25) is 0 Å². The first-order valence-corrected chi connectivity index (χ1v) is 8.63. The fraction of sp³-hybridized carbons (Fsp3) is 0.429. The topological polar surface area (TPSA) is 55.3 Å². The molecule has 0 amide bonds. The molecule has 0 radical (unpaired) electrons. The van der Waals surface area contributed by atoms with Crippen molar-refractivity contribution in [3.05, 3.63) is 69.8 Å². The summed E-state index contributed by atoms with van der Waals surface area (Å²) in [4.78, 5) is 2.24. The van der Waals surface area contributed by atoms with E-state index in [9.17, 15) is 0 Å². The lowest BCUT2D eigenvalue weighted by Gasteiger charge is -2.27. The van der Waals surface area contributed by atoms with E-state index in [1.165, 1.54) is 33.4 Å². The molecule has 3 heteroatoms. The van der Waals surface area contributed by atoms with Crippen molar-refractivity contribution in [1.29, 1.82) is 0 Å². The van der Waals surface area contributed by atoms with E-state index in [1.54, 1.807) is 0 Å². The van der Waals surface area contributed by atoms with E-state index in [0.29, 0.717) is 0 Å². The molecule has 0 aromatic heterocycles. The normalized spacial score (nSPS) is 14.0. The minimum absolute atomic E-state index is 0.00127. The van der Waals surface area contributed by atoms with Crippen molar-refractivity contribution >= 4 is 0 Å². The molecule has 0 saturated carbocycles. The van der Waals surface area contributed by atoms with Gasteiger partial charge >= 0.3 is 0 Å². The van der Waals surface area contributed by atoms with Gasteiger partial charge in [-0.25, -0.2) is 0 Å². The molecule has 3 nitrogen and oxygen atoms in total. The first-order valence-electron chi connectivity index (χ1n) is 8.63. The van der Waals surface area contributed by atoms with Gasteiger partial charge in [0.25, 0.3) is 0 Å². The molecular weight excluding hydrogens is 294 g/mol. The van der Waals surface area contributed by atoms with Crippen LogP contribution in [0, 0.1) is 27.7 Å². The van der Waals surface area contributed by atoms with Gasteiger partial charge in [0.05, 0.1) is 0 Å². The van der Waals surface area contributed by atoms with Crippen molar-refractivity contribution in [1.82, 2.24) is 4.90 Å². The Kier molecular flexibility index (Phi) is 6.16. The lowest BCUT2D eigenvalue weighted by Crippen LogP contribution is -2.35. The van der Waals surface area contributed by atoms with Gasteiger partial charge in [0.15, 0.2) is 0 Å². The summed E-state index contributed by atoms with van der Waals surface area (Å²) in [5, 5.41) is 0. The Morgan fingerprint density at radius 2 is 1.00 bits per heavy atom. The summed E-state index contributed by atoms with van der Waals surface area (Å²) >= 11 is 0. The zero-order chi connectivity index (χ0) is 17.9. The molecule has 0 saturated heterocycles. The lowest BCUT2D eigenvalue weighted by molar-refractivity contribution is 0.293. The summed E-state index contributed by atoms with van der Waals surface area (Å²) in [5.41, 5.74) is 20.5. The van der Waals surface area contributed by atoms with E-state index in [0.717, 1.165) is 13.1 Å². The third kappa shape index (κ3) is 4.23. The van der Waals surface area contributed by atoms with Gasteiger partial charge in [-0.05, 0) is 68.1 Å². The average Bonchev–Trinajstić information content (AvgIpc) is 2.46. The van der Waals surface area contributed by atoms with Crippen LogP contribution < -0.4 is 11.5 Å². The van der Waals surface area contributed by atoms with Crippen LogP contribution in [0.15, 0.2) is 36.4 Å². The van der Waals surface area contributed by atoms with Crippen molar-refractivity contribution < 1.29 is 0 Å². The quantitative estimate of drug-likeness (QED) is 0.854. The Balaban J connectivity index is 2.06. The van der Waals surface area contributed by atoms with E-state index in [2.05, 4.69) is 76.0 Å².